The molecule has 1 aliphatic heterocycles. The average molecular weight is 454 g/mol. The quantitative estimate of drug-likeness (QED) is 0.285. The topological polar surface area (TPSA) is 91.1 Å². The molecule has 7 nitrogen and oxygen atoms in total. The summed E-state index contributed by atoms with van der Waals surface area (Å²) in [4.78, 5) is 11.4. The van der Waals surface area contributed by atoms with Gasteiger partial charge in [-0.25, -0.2) is 0 Å². The van der Waals surface area contributed by atoms with Crippen LogP contribution < -0.4 is 0 Å². The Labute approximate surface area is 187 Å². The van der Waals surface area contributed by atoms with E-state index in [4.69, 9.17) is 13.9 Å². The first kappa shape index (κ1) is 25.9. The Morgan fingerprint density at radius 1 is 1.13 bits per heavy atom. The SMILES string of the molecule is CC(C)[Si](OCCC(C(O)[C@@H]1CCOC(c2ccccc2)O1)[N+](=O)[O-])(C(C)C)C(C)C. The number of aliphatic hydroxyl groups is 1. The summed E-state index contributed by atoms with van der Waals surface area (Å²) in [5.41, 5.74) is 2.03. The molecule has 1 saturated heterocycles. The van der Waals surface area contributed by atoms with E-state index in [0.29, 0.717) is 29.7 Å². The second-order valence-corrected chi connectivity index (χ2v) is 14.8. The van der Waals surface area contributed by atoms with Gasteiger partial charge in [-0.05, 0) is 16.6 Å². The lowest BCUT2D eigenvalue weighted by Gasteiger charge is -2.42. The lowest BCUT2D eigenvalue weighted by Crippen LogP contribution is -2.50. The summed E-state index contributed by atoms with van der Waals surface area (Å²) in [7, 11) is -2.11. The Hall–Kier alpha value is -1.32. The van der Waals surface area contributed by atoms with Crippen molar-refractivity contribution in [2.24, 2.45) is 0 Å². The number of rotatable bonds is 11. The van der Waals surface area contributed by atoms with Gasteiger partial charge in [0.15, 0.2) is 14.6 Å². The van der Waals surface area contributed by atoms with Crippen LogP contribution >= 0.6 is 0 Å². The molecule has 3 unspecified atom stereocenters. The smallest absolute Gasteiger partial charge is 0.243 e. The van der Waals surface area contributed by atoms with Crippen molar-refractivity contribution in [1.82, 2.24) is 0 Å². The van der Waals surface area contributed by atoms with Crippen LogP contribution in [0.2, 0.25) is 16.6 Å². The molecule has 0 bridgehead atoms. The summed E-state index contributed by atoms with van der Waals surface area (Å²) < 4.78 is 18.1. The van der Waals surface area contributed by atoms with Crippen LogP contribution in [0.1, 0.15) is 66.2 Å². The van der Waals surface area contributed by atoms with E-state index in [0.717, 1.165) is 5.56 Å². The summed E-state index contributed by atoms with van der Waals surface area (Å²) in [5, 5.41) is 22.7. The molecule has 1 N–H and O–H groups in total. The number of aliphatic hydroxyl groups excluding tert-OH is 1. The van der Waals surface area contributed by atoms with Gasteiger partial charge in [0.25, 0.3) is 0 Å². The van der Waals surface area contributed by atoms with Crippen molar-refractivity contribution in [3.05, 3.63) is 46.0 Å². The normalized spacial score (nSPS) is 22.1. The van der Waals surface area contributed by atoms with E-state index >= 15 is 0 Å². The Bertz CT molecular complexity index is 662. The summed E-state index contributed by atoms with van der Waals surface area (Å²) in [6.07, 6.45) is -1.93. The highest BCUT2D eigenvalue weighted by molar-refractivity contribution is 6.77. The summed E-state index contributed by atoms with van der Waals surface area (Å²) in [5.74, 6) is 0. The van der Waals surface area contributed by atoms with E-state index in [-0.39, 0.29) is 13.0 Å². The van der Waals surface area contributed by atoms with Crippen LogP contribution in [-0.2, 0) is 13.9 Å². The zero-order chi connectivity index (χ0) is 23.2. The van der Waals surface area contributed by atoms with Crippen molar-refractivity contribution in [2.45, 2.75) is 95.5 Å². The fraction of sp³-hybridized carbons (Fsp3) is 0.739. The summed E-state index contributed by atoms with van der Waals surface area (Å²) in [6, 6.07) is 8.29. The molecule has 0 saturated carbocycles. The number of hydrogen-bond acceptors (Lipinski definition) is 6. The van der Waals surface area contributed by atoms with Crippen molar-refractivity contribution >= 4 is 8.32 Å². The third-order valence-electron chi connectivity index (χ3n) is 6.56. The molecule has 1 aromatic carbocycles. The van der Waals surface area contributed by atoms with Crippen LogP contribution in [0, 0.1) is 10.1 Å². The van der Waals surface area contributed by atoms with E-state index in [1.54, 1.807) is 0 Å². The number of nitrogens with zero attached hydrogens (tertiary/aromatic N) is 1. The maximum atomic E-state index is 11.8. The van der Waals surface area contributed by atoms with E-state index in [1.165, 1.54) is 0 Å². The molecule has 2 rings (SSSR count). The third kappa shape index (κ3) is 6.13. The van der Waals surface area contributed by atoms with Gasteiger partial charge in [0.2, 0.25) is 6.04 Å². The second-order valence-electron chi connectivity index (χ2n) is 9.37. The summed E-state index contributed by atoms with van der Waals surface area (Å²) in [6.45, 7) is 13.8. The molecule has 1 aliphatic rings. The molecule has 0 aromatic heterocycles. The predicted molar refractivity (Wildman–Crippen MR) is 123 cm³/mol. The van der Waals surface area contributed by atoms with Gasteiger partial charge in [0.1, 0.15) is 6.10 Å². The molecule has 1 heterocycles. The zero-order valence-electron chi connectivity index (χ0n) is 19.7. The van der Waals surface area contributed by atoms with Gasteiger partial charge < -0.3 is 19.0 Å². The molecule has 1 fully saturated rings. The van der Waals surface area contributed by atoms with Crippen LogP contribution in [-0.4, -0.2) is 49.8 Å². The molecule has 0 aliphatic carbocycles. The Kier molecular flexibility index (Phi) is 9.63. The number of hydrogen-bond donors (Lipinski definition) is 1. The predicted octanol–water partition coefficient (Wildman–Crippen LogP) is 5.08. The van der Waals surface area contributed by atoms with E-state index in [9.17, 15) is 15.2 Å². The van der Waals surface area contributed by atoms with Crippen LogP contribution in [0.4, 0.5) is 0 Å². The Morgan fingerprint density at radius 2 is 1.71 bits per heavy atom. The van der Waals surface area contributed by atoms with Crippen LogP contribution in [0.3, 0.4) is 0 Å². The standard InChI is InChI=1S/C23H39NO6Si/c1-16(2)31(17(3)4,18(5)6)29-15-12-20(24(26)27)22(25)21-13-14-28-23(30-21)19-10-8-7-9-11-19/h7-11,16-18,20-23,25H,12-15H2,1-6H3/t20?,21-,22?,23?/m0/s1. The molecular formula is C23H39NO6Si. The van der Waals surface area contributed by atoms with Gasteiger partial charge in [-0.3, -0.25) is 10.1 Å². The molecule has 4 atom stereocenters. The summed E-state index contributed by atoms with van der Waals surface area (Å²) >= 11 is 0. The molecule has 0 amide bonds. The Balaban J connectivity index is 2.05. The van der Waals surface area contributed by atoms with Crippen molar-refractivity contribution in [2.75, 3.05) is 13.2 Å². The Morgan fingerprint density at radius 3 is 2.23 bits per heavy atom. The van der Waals surface area contributed by atoms with Gasteiger partial charge in [-0.1, -0.05) is 71.9 Å². The van der Waals surface area contributed by atoms with Crippen LogP contribution in [0.15, 0.2) is 30.3 Å². The average Bonchev–Trinajstić information content (AvgIpc) is 2.73. The molecule has 31 heavy (non-hydrogen) atoms. The number of benzene rings is 1. The van der Waals surface area contributed by atoms with Crippen LogP contribution in [0.25, 0.3) is 0 Å². The minimum atomic E-state index is -2.11. The highest BCUT2D eigenvalue weighted by Crippen LogP contribution is 2.42. The van der Waals surface area contributed by atoms with Crippen molar-refractivity contribution < 1.29 is 23.9 Å². The minimum Gasteiger partial charge on any atom is -0.416 e. The van der Waals surface area contributed by atoms with Gasteiger partial charge in [0.05, 0.1) is 12.7 Å². The maximum absolute atomic E-state index is 11.8. The largest absolute Gasteiger partial charge is 0.416 e. The van der Waals surface area contributed by atoms with E-state index in [1.807, 2.05) is 30.3 Å². The minimum absolute atomic E-state index is 0.159. The highest BCUT2D eigenvalue weighted by Gasteiger charge is 2.46. The fourth-order valence-electron chi connectivity index (χ4n) is 5.10. The van der Waals surface area contributed by atoms with Gasteiger partial charge in [-0.15, -0.1) is 0 Å². The molecular weight excluding hydrogens is 414 g/mol. The van der Waals surface area contributed by atoms with E-state index < -0.39 is 37.8 Å². The molecule has 8 heteroatoms. The van der Waals surface area contributed by atoms with Crippen molar-refractivity contribution in [3.8, 4) is 0 Å². The van der Waals surface area contributed by atoms with Gasteiger partial charge in [0, 0.05) is 29.9 Å². The third-order valence-corrected chi connectivity index (χ3v) is 12.7. The van der Waals surface area contributed by atoms with Crippen LogP contribution in [0.5, 0.6) is 0 Å². The monoisotopic (exact) mass is 453 g/mol. The first-order chi connectivity index (χ1) is 14.6. The van der Waals surface area contributed by atoms with Crippen molar-refractivity contribution in [1.29, 1.82) is 0 Å². The van der Waals surface area contributed by atoms with Crippen molar-refractivity contribution in [3.63, 3.8) is 0 Å². The first-order valence-electron chi connectivity index (χ1n) is 11.4. The number of nitro groups is 1. The molecule has 1 aromatic rings. The second kappa shape index (κ2) is 11.5. The lowest BCUT2D eigenvalue weighted by atomic mass is 10.00. The maximum Gasteiger partial charge on any atom is 0.243 e. The van der Waals surface area contributed by atoms with E-state index in [2.05, 4.69) is 41.5 Å². The highest BCUT2D eigenvalue weighted by atomic mass is 28.4. The van der Waals surface area contributed by atoms with Gasteiger partial charge >= 0.3 is 0 Å². The van der Waals surface area contributed by atoms with Gasteiger partial charge in [-0.2, -0.15) is 0 Å². The lowest BCUT2D eigenvalue weighted by molar-refractivity contribution is -0.539. The number of ether oxygens (including phenoxy) is 2. The molecule has 0 radical (unpaired) electrons. The fourth-order valence-corrected chi connectivity index (χ4v) is 10.6. The zero-order valence-corrected chi connectivity index (χ0v) is 20.7. The first-order valence-corrected chi connectivity index (χ1v) is 13.5. The molecule has 176 valence electrons. The molecule has 0 spiro atoms.